The fourth-order valence-corrected chi connectivity index (χ4v) is 15.3. The van der Waals surface area contributed by atoms with Crippen LogP contribution in [0.3, 0.4) is 0 Å². The van der Waals surface area contributed by atoms with Gasteiger partial charge >= 0.3 is 0 Å². The van der Waals surface area contributed by atoms with Crippen molar-refractivity contribution in [2.45, 2.75) is 0 Å². The molecule has 0 radical (unpaired) electrons. The Bertz CT molecular complexity index is 4330. The van der Waals surface area contributed by atoms with Gasteiger partial charge in [0, 0.05) is 48.4 Å². The van der Waals surface area contributed by atoms with E-state index in [4.69, 9.17) is 0 Å². The molecule has 5 aromatic heterocycles. The van der Waals surface area contributed by atoms with E-state index in [-0.39, 0.29) is 0 Å². The Labute approximate surface area is 351 Å². The predicted molar refractivity (Wildman–Crippen MR) is 258 cm³/mol. The number of fused-ring (bicyclic) bond motifs is 16. The Balaban J connectivity index is 1.17. The highest BCUT2D eigenvalue weighted by Gasteiger charge is 2.40. The van der Waals surface area contributed by atoms with Crippen molar-refractivity contribution in [1.29, 1.82) is 0 Å². The Morgan fingerprint density at radius 1 is 0.426 bits per heavy atom. The quantitative estimate of drug-likeness (QED) is 0.160. The molecule has 284 valence electrons. The van der Waals surface area contributed by atoms with Gasteiger partial charge in [-0.2, -0.15) is 0 Å². The Hall–Kier alpha value is -7.37. The van der Waals surface area contributed by atoms with E-state index in [0.29, 0.717) is 0 Å². The second-order valence-corrected chi connectivity index (χ2v) is 20.0. The molecule has 0 amide bonds. The normalized spacial score (nSPS) is 15.3. The van der Waals surface area contributed by atoms with Gasteiger partial charge in [0.2, 0.25) is 7.29 Å². The summed E-state index contributed by atoms with van der Waals surface area (Å²) in [6, 6.07) is 67.5. The lowest BCUT2D eigenvalue weighted by atomic mass is 9.96. The van der Waals surface area contributed by atoms with Gasteiger partial charge in [-0.15, -0.1) is 0 Å². The fraction of sp³-hybridized carbons (Fsp3) is 0. The van der Waals surface area contributed by atoms with Crippen LogP contribution in [0.2, 0.25) is 0 Å². The molecule has 0 bridgehead atoms. The monoisotopic (exact) mass is 814 g/mol. The van der Waals surface area contributed by atoms with Gasteiger partial charge in [0.1, 0.15) is 0 Å². The number of rotatable bonds is 2. The van der Waals surface area contributed by atoms with E-state index in [0.717, 1.165) is 65.6 Å². The summed E-state index contributed by atoms with van der Waals surface area (Å²) in [5.41, 5.74) is 13.2. The summed E-state index contributed by atoms with van der Waals surface area (Å²) >= 11 is 1.80. The third kappa shape index (κ3) is 3.83. The minimum atomic E-state index is -3.65. The maximum Gasteiger partial charge on any atom is 0.236 e. The molecule has 0 saturated carbocycles. The number of hydrogen-bond acceptors (Lipinski definition) is 2. The van der Waals surface area contributed by atoms with Gasteiger partial charge in [-0.1, -0.05) is 133 Å². The van der Waals surface area contributed by atoms with Crippen molar-refractivity contribution in [3.8, 4) is 16.8 Å². The topological polar surface area (TPSA) is 35.8 Å². The molecule has 0 aliphatic carbocycles. The molecule has 0 saturated heterocycles. The summed E-state index contributed by atoms with van der Waals surface area (Å²) in [6.07, 6.45) is 0. The van der Waals surface area contributed by atoms with Gasteiger partial charge in [0.25, 0.3) is 0 Å². The minimum absolute atomic E-state index is 0.808. The highest BCUT2D eigenvalue weighted by molar-refractivity contribution is 7.78. The van der Waals surface area contributed by atoms with Crippen LogP contribution in [0.4, 0.5) is 0 Å². The Kier molecular flexibility index (Phi) is 5.99. The first kappa shape index (κ1) is 32.5. The third-order valence-corrected chi connectivity index (χ3v) is 17.6. The average Bonchev–Trinajstić information content (AvgIpc) is 4.00. The van der Waals surface area contributed by atoms with Crippen molar-refractivity contribution in [3.05, 3.63) is 188 Å². The molecule has 15 rings (SSSR count). The van der Waals surface area contributed by atoms with Gasteiger partial charge < -0.3 is 8.97 Å². The van der Waals surface area contributed by atoms with Crippen LogP contribution in [0.25, 0.3) is 114 Å². The second-order valence-electron chi connectivity index (χ2n) is 16.4. The van der Waals surface area contributed by atoms with Crippen LogP contribution in [-0.4, -0.2) is 17.1 Å². The van der Waals surface area contributed by atoms with Gasteiger partial charge in [0.05, 0.1) is 65.3 Å². The van der Waals surface area contributed by atoms with Crippen molar-refractivity contribution in [3.63, 3.8) is 0 Å². The molecular weight excluding hydrogens is 784 g/mol. The number of para-hydroxylation sites is 5. The van der Waals surface area contributed by atoms with Crippen LogP contribution in [0.5, 0.6) is 0 Å². The Morgan fingerprint density at radius 3 is 1.82 bits per heavy atom. The van der Waals surface area contributed by atoms with Crippen molar-refractivity contribution in [1.82, 2.24) is 17.1 Å². The van der Waals surface area contributed by atoms with Crippen LogP contribution >= 0.6 is 18.8 Å². The number of benzene rings is 9. The molecule has 1 unspecified atom stereocenters. The SMILES string of the molecule is O=P1(c2ccccc2)c2cc(-c3cc4c5ccccc5n5sc6ccccc6n6c7ccccc7c3c6c45)ccc2-n2c3ccccc3c3ccc4c5ccccc5n1c4c32. The predicted octanol–water partition coefficient (Wildman–Crippen LogP) is 13.8. The number of nitrogens with zero attached hydrogens (tertiary/aromatic N) is 4. The van der Waals surface area contributed by atoms with Crippen molar-refractivity contribution in [2.24, 2.45) is 0 Å². The van der Waals surface area contributed by atoms with Crippen LogP contribution in [0, 0.1) is 0 Å². The van der Waals surface area contributed by atoms with E-state index in [1.165, 1.54) is 59.2 Å². The van der Waals surface area contributed by atoms with E-state index in [9.17, 15) is 0 Å². The molecule has 9 aromatic carbocycles. The lowest BCUT2D eigenvalue weighted by Gasteiger charge is -2.24. The van der Waals surface area contributed by atoms with Crippen molar-refractivity contribution in [2.75, 3.05) is 0 Å². The third-order valence-electron chi connectivity index (χ3n) is 13.5. The smallest absolute Gasteiger partial charge is 0.236 e. The summed E-state index contributed by atoms with van der Waals surface area (Å²) < 4.78 is 28.1. The van der Waals surface area contributed by atoms with Gasteiger partial charge in [0.15, 0.2) is 0 Å². The summed E-state index contributed by atoms with van der Waals surface area (Å²) in [5, 5.41) is 11.0. The van der Waals surface area contributed by atoms with Crippen LogP contribution in [0.15, 0.2) is 188 Å². The van der Waals surface area contributed by atoms with E-state index >= 15 is 4.57 Å². The zero-order valence-electron chi connectivity index (χ0n) is 32.5. The molecule has 5 nitrogen and oxygen atoms in total. The van der Waals surface area contributed by atoms with Gasteiger partial charge in [-0.3, -0.25) is 12.7 Å². The van der Waals surface area contributed by atoms with Crippen molar-refractivity contribution < 1.29 is 4.57 Å². The molecule has 0 fully saturated rings. The molecule has 0 N–H and O–H groups in total. The molecule has 6 heterocycles. The first-order valence-corrected chi connectivity index (χ1v) is 23.2. The first-order chi connectivity index (χ1) is 30.2. The lowest BCUT2D eigenvalue weighted by Crippen LogP contribution is -2.23. The maximum atomic E-state index is 17.3. The second kappa shape index (κ2) is 11.3. The average molecular weight is 815 g/mol. The molecule has 7 heteroatoms. The molecule has 1 aliphatic rings. The van der Waals surface area contributed by atoms with E-state index in [1.807, 2.05) is 18.2 Å². The zero-order chi connectivity index (χ0) is 39.7. The van der Waals surface area contributed by atoms with Crippen LogP contribution < -0.4 is 10.6 Å². The molecule has 61 heavy (non-hydrogen) atoms. The summed E-state index contributed by atoms with van der Waals surface area (Å²) in [7, 11) is -3.65. The standard InChI is InChI=1S/C54H31N4OPS/c59-60(33-14-2-1-3-15-33)48-30-32(26-29-46(48)55-42-20-8-4-16-34(42)37-27-28-38-35-17-5-10-22-44(35)57(60)52(38)51(37)55)40-31-41-36-18-6-11-23-45(36)58-53(41)54-50(40)39-19-7-9-21-43(39)56(54)47-24-12-13-25-49(47)61-58/h1-31H. The molecule has 1 atom stereocenters. The van der Waals surface area contributed by atoms with E-state index in [2.05, 4.69) is 187 Å². The highest BCUT2D eigenvalue weighted by atomic mass is 32.1. The minimum Gasteiger partial charge on any atom is -0.306 e. The number of aromatic nitrogens is 4. The molecule has 0 spiro atoms. The maximum absolute atomic E-state index is 17.3. The molecule has 14 aromatic rings. The zero-order valence-corrected chi connectivity index (χ0v) is 34.2. The summed E-state index contributed by atoms with van der Waals surface area (Å²) in [6.45, 7) is 0. The van der Waals surface area contributed by atoms with Crippen molar-refractivity contribution >= 4 is 127 Å². The fourth-order valence-electron chi connectivity index (χ4n) is 11.1. The van der Waals surface area contributed by atoms with Gasteiger partial charge in [-0.25, -0.2) is 0 Å². The first-order valence-electron chi connectivity index (χ1n) is 20.7. The Morgan fingerprint density at radius 2 is 1.03 bits per heavy atom. The van der Waals surface area contributed by atoms with Crippen LogP contribution in [0.1, 0.15) is 0 Å². The van der Waals surface area contributed by atoms with E-state index in [1.54, 1.807) is 11.5 Å². The molecular formula is C54H31N4OPS. The van der Waals surface area contributed by atoms with E-state index < -0.39 is 7.29 Å². The summed E-state index contributed by atoms with van der Waals surface area (Å²) in [5.74, 6) is 0. The van der Waals surface area contributed by atoms with Gasteiger partial charge in [-0.05, 0) is 77.9 Å². The largest absolute Gasteiger partial charge is 0.306 e. The van der Waals surface area contributed by atoms with Crippen LogP contribution in [-0.2, 0) is 4.57 Å². The highest BCUT2D eigenvalue weighted by Crippen LogP contribution is 2.57. The number of hydrogen-bond donors (Lipinski definition) is 0. The molecule has 1 aliphatic heterocycles. The summed E-state index contributed by atoms with van der Waals surface area (Å²) in [4.78, 5) is 0. The lowest BCUT2D eigenvalue weighted by molar-refractivity contribution is 0.583.